The molecule has 2 amide bonds. The van der Waals surface area contributed by atoms with E-state index < -0.39 is 17.7 Å². The summed E-state index contributed by atoms with van der Waals surface area (Å²) >= 11 is 14.5. The standard InChI is InChI=1S/C18H13BrClN3O2S/c1-10-2-7-15(14(19)8-10)21-9-13-16(24)22-18(26)23(17(13)25)12-5-3-11(20)4-6-12/h2-9,13H,1H3,(H,22,24,26)/t13-/m1/s1. The Morgan fingerprint density at radius 1 is 1.23 bits per heavy atom. The molecule has 1 atom stereocenters. The van der Waals surface area contributed by atoms with E-state index in [4.69, 9.17) is 23.8 Å². The van der Waals surface area contributed by atoms with Crippen LogP contribution in [0.15, 0.2) is 51.9 Å². The maximum Gasteiger partial charge on any atom is 0.251 e. The van der Waals surface area contributed by atoms with Gasteiger partial charge < -0.3 is 5.32 Å². The highest BCUT2D eigenvalue weighted by atomic mass is 79.9. The molecule has 1 heterocycles. The van der Waals surface area contributed by atoms with Crippen molar-refractivity contribution in [3.8, 4) is 0 Å². The number of anilines is 1. The molecule has 5 nitrogen and oxygen atoms in total. The maximum atomic E-state index is 12.8. The summed E-state index contributed by atoms with van der Waals surface area (Å²) in [5, 5.41) is 3.11. The van der Waals surface area contributed by atoms with Crippen molar-refractivity contribution in [2.24, 2.45) is 10.9 Å². The van der Waals surface area contributed by atoms with Crippen molar-refractivity contribution >= 4 is 74.3 Å². The van der Waals surface area contributed by atoms with Crippen molar-refractivity contribution in [1.82, 2.24) is 5.32 Å². The van der Waals surface area contributed by atoms with Gasteiger partial charge in [-0.1, -0.05) is 17.7 Å². The van der Waals surface area contributed by atoms with Gasteiger partial charge >= 0.3 is 0 Å². The predicted octanol–water partition coefficient (Wildman–Crippen LogP) is 4.18. The average Bonchev–Trinajstić information content (AvgIpc) is 2.57. The number of hydrogen-bond acceptors (Lipinski definition) is 4. The summed E-state index contributed by atoms with van der Waals surface area (Å²) < 4.78 is 0.780. The number of nitrogens with one attached hydrogen (secondary N) is 1. The number of benzene rings is 2. The Hall–Kier alpha value is -2.09. The summed E-state index contributed by atoms with van der Waals surface area (Å²) in [6, 6.07) is 12.2. The highest BCUT2D eigenvalue weighted by Crippen LogP contribution is 2.27. The van der Waals surface area contributed by atoms with Gasteiger partial charge in [0, 0.05) is 15.7 Å². The van der Waals surface area contributed by atoms with E-state index in [0.717, 1.165) is 10.0 Å². The van der Waals surface area contributed by atoms with Gasteiger partial charge in [0.2, 0.25) is 5.91 Å². The first-order valence-corrected chi connectivity index (χ1v) is 9.19. The first kappa shape index (κ1) is 18.7. The van der Waals surface area contributed by atoms with Gasteiger partial charge in [-0.15, -0.1) is 0 Å². The Kier molecular flexibility index (Phi) is 5.50. The molecule has 132 valence electrons. The van der Waals surface area contributed by atoms with Gasteiger partial charge in [-0.3, -0.25) is 19.5 Å². The molecule has 0 aromatic heterocycles. The number of hydrogen-bond donors (Lipinski definition) is 1. The van der Waals surface area contributed by atoms with Crippen molar-refractivity contribution in [2.45, 2.75) is 6.92 Å². The topological polar surface area (TPSA) is 61.8 Å². The van der Waals surface area contributed by atoms with Crippen molar-refractivity contribution in [3.05, 3.63) is 57.5 Å². The monoisotopic (exact) mass is 449 g/mol. The number of amides is 2. The van der Waals surface area contributed by atoms with E-state index in [-0.39, 0.29) is 5.11 Å². The minimum Gasteiger partial charge on any atom is -0.301 e. The third-order valence-electron chi connectivity index (χ3n) is 3.75. The number of carbonyl (C=O) groups excluding carboxylic acids is 2. The fourth-order valence-electron chi connectivity index (χ4n) is 2.43. The normalized spacial score (nSPS) is 17.7. The lowest BCUT2D eigenvalue weighted by Gasteiger charge is -2.30. The molecular formula is C18H13BrClN3O2S. The van der Waals surface area contributed by atoms with Crippen LogP contribution in [0.1, 0.15) is 5.56 Å². The lowest BCUT2D eigenvalue weighted by Crippen LogP contribution is -2.58. The van der Waals surface area contributed by atoms with Crippen molar-refractivity contribution in [1.29, 1.82) is 0 Å². The molecular weight excluding hydrogens is 438 g/mol. The third kappa shape index (κ3) is 3.85. The van der Waals surface area contributed by atoms with Crippen LogP contribution in [-0.2, 0) is 9.59 Å². The number of nitrogens with zero attached hydrogens (tertiary/aromatic N) is 2. The Morgan fingerprint density at radius 2 is 1.92 bits per heavy atom. The zero-order valence-corrected chi connectivity index (χ0v) is 16.7. The number of carbonyl (C=O) groups is 2. The van der Waals surface area contributed by atoms with Gasteiger partial charge in [0.05, 0.1) is 11.4 Å². The van der Waals surface area contributed by atoms with E-state index in [1.165, 1.54) is 11.1 Å². The molecule has 0 unspecified atom stereocenters. The quantitative estimate of drug-likeness (QED) is 0.433. The zero-order valence-electron chi connectivity index (χ0n) is 13.6. The number of rotatable bonds is 3. The predicted molar refractivity (Wildman–Crippen MR) is 110 cm³/mol. The first-order chi connectivity index (χ1) is 12.4. The van der Waals surface area contributed by atoms with Gasteiger partial charge in [0.15, 0.2) is 11.0 Å². The van der Waals surface area contributed by atoms with Crippen LogP contribution in [0.4, 0.5) is 11.4 Å². The summed E-state index contributed by atoms with van der Waals surface area (Å²) in [6.45, 7) is 1.96. The molecule has 0 spiro atoms. The van der Waals surface area contributed by atoms with Gasteiger partial charge in [-0.25, -0.2) is 0 Å². The molecule has 0 saturated carbocycles. The second-order valence-electron chi connectivity index (χ2n) is 5.66. The third-order valence-corrected chi connectivity index (χ3v) is 4.92. The molecule has 2 aromatic carbocycles. The highest BCUT2D eigenvalue weighted by molar-refractivity contribution is 9.10. The Balaban J connectivity index is 1.90. The van der Waals surface area contributed by atoms with Crippen LogP contribution in [-0.4, -0.2) is 23.1 Å². The van der Waals surface area contributed by atoms with Crippen molar-refractivity contribution < 1.29 is 9.59 Å². The second kappa shape index (κ2) is 7.65. The summed E-state index contributed by atoms with van der Waals surface area (Å²) in [5.74, 6) is -2.05. The van der Waals surface area contributed by atoms with Crippen LogP contribution in [0.3, 0.4) is 0 Å². The van der Waals surface area contributed by atoms with Gasteiger partial charge in [-0.2, -0.15) is 0 Å². The molecule has 1 aliphatic rings. The van der Waals surface area contributed by atoms with E-state index in [0.29, 0.717) is 16.4 Å². The zero-order chi connectivity index (χ0) is 18.8. The Labute approximate surface area is 169 Å². The van der Waals surface area contributed by atoms with E-state index in [9.17, 15) is 9.59 Å². The minimum atomic E-state index is -1.08. The summed E-state index contributed by atoms with van der Waals surface area (Å²) in [4.78, 5) is 30.6. The molecule has 1 saturated heterocycles. The largest absolute Gasteiger partial charge is 0.301 e. The highest BCUT2D eigenvalue weighted by Gasteiger charge is 2.38. The minimum absolute atomic E-state index is 0.0310. The van der Waals surface area contributed by atoms with Crippen LogP contribution in [0.2, 0.25) is 5.02 Å². The first-order valence-electron chi connectivity index (χ1n) is 7.61. The van der Waals surface area contributed by atoms with Crippen LogP contribution in [0, 0.1) is 12.8 Å². The maximum absolute atomic E-state index is 12.8. The molecule has 26 heavy (non-hydrogen) atoms. The molecule has 1 aliphatic heterocycles. The molecule has 8 heteroatoms. The van der Waals surface area contributed by atoms with E-state index in [2.05, 4.69) is 26.2 Å². The van der Waals surface area contributed by atoms with E-state index in [1.807, 2.05) is 25.1 Å². The Morgan fingerprint density at radius 3 is 2.58 bits per heavy atom. The molecule has 0 aliphatic carbocycles. The SMILES string of the molecule is Cc1ccc(N=C[C@@H]2C(=O)NC(=S)N(c3ccc(Cl)cc3)C2=O)c(Br)c1. The van der Waals surface area contributed by atoms with Crippen LogP contribution in [0.5, 0.6) is 0 Å². The van der Waals surface area contributed by atoms with Crippen molar-refractivity contribution in [2.75, 3.05) is 4.90 Å². The van der Waals surface area contributed by atoms with Crippen molar-refractivity contribution in [3.63, 3.8) is 0 Å². The number of thiocarbonyl (C=S) groups is 1. The fraction of sp³-hybridized carbons (Fsp3) is 0.111. The number of aryl methyl sites for hydroxylation is 1. The smallest absolute Gasteiger partial charge is 0.251 e. The van der Waals surface area contributed by atoms with Crippen LogP contribution in [0.25, 0.3) is 0 Å². The molecule has 2 aromatic rings. The molecule has 0 bridgehead atoms. The Bertz CT molecular complexity index is 931. The second-order valence-corrected chi connectivity index (χ2v) is 7.33. The van der Waals surface area contributed by atoms with Crippen LogP contribution < -0.4 is 10.2 Å². The number of aliphatic imine (C=N–C) groups is 1. The summed E-state index contributed by atoms with van der Waals surface area (Å²) in [7, 11) is 0. The number of halogens is 2. The van der Waals surface area contributed by atoms with Gasteiger partial charge in [-0.05, 0) is 77.0 Å². The average molecular weight is 451 g/mol. The molecule has 1 N–H and O–H groups in total. The van der Waals surface area contributed by atoms with Gasteiger partial charge in [0.25, 0.3) is 5.91 Å². The van der Waals surface area contributed by atoms with E-state index >= 15 is 0 Å². The summed E-state index contributed by atoms with van der Waals surface area (Å²) in [6.07, 6.45) is 1.33. The van der Waals surface area contributed by atoms with E-state index in [1.54, 1.807) is 24.3 Å². The lowest BCUT2D eigenvalue weighted by atomic mass is 10.1. The van der Waals surface area contributed by atoms with Gasteiger partial charge in [0.1, 0.15) is 0 Å². The lowest BCUT2D eigenvalue weighted by molar-refractivity contribution is -0.130. The molecule has 0 radical (unpaired) electrons. The molecule has 3 rings (SSSR count). The molecule has 1 fully saturated rings. The summed E-state index contributed by atoms with van der Waals surface area (Å²) in [5.41, 5.74) is 2.23. The fourth-order valence-corrected chi connectivity index (χ4v) is 3.45. The van der Waals surface area contributed by atoms with Crippen LogP contribution >= 0.6 is 39.7 Å².